The molecule has 3 N–H and O–H groups in total. The Morgan fingerprint density at radius 3 is 2.63 bits per heavy atom. The summed E-state index contributed by atoms with van der Waals surface area (Å²) in [4.78, 5) is 18.9. The van der Waals surface area contributed by atoms with Gasteiger partial charge in [0.1, 0.15) is 17.4 Å². The lowest BCUT2D eigenvalue weighted by atomic mass is 10.00. The highest BCUT2D eigenvalue weighted by atomic mass is 16.5. The Labute approximate surface area is 204 Å². The van der Waals surface area contributed by atoms with Gasteiger partial charge < -0.3 is 25.0 Å². The maximum absolute atomic E-state index is 12.7. The number of ether oxygens (including phenoxy) is 1. The van der Waals surface area contributed by atoms with Crippen LogP contribution in [0.2, 0.25) is 0 Å². The number of hydrogen-bond donors (Lipinski definition) is 2. The van der Waals surface area contributed by atoms with Crippen LogP contribution >= 0.6 is 0 Å². The third-order valence-electron chi connectivity index (χ3n) is 6.01. The van der Waals surface area contributed by atoms with Gasteiger partial charge in [0.2, 0.25) is 11.7 Å². The van der Waals surface area contributed by atoms with E-state index >= 15 is 0 Å². The van der Waals surface area contributed by atoms with Crippen LogP contribution in [0.1, 0.15) is 37.5 Å². The van der Waals surface area contributed by atoms with Gasteiger partial charge in [0, 0.05) is 24.2 Å². The summed E-state index contributed by atoms with van der Waals surface area (Å²) in [6, 6.07) is 13.3. The van der Waals surface area contributed by atoms with Crippen LogP contribution in [-0.4, -0.2) is 57.4 Å². The topological polar surface area (TPSA) is 138 Å². The van der Waals surface area contributed by atoms with Gasteiger partial charge in [-0.2, -0.15) is 10.2 Å². The molecule has 0 saturated heterocycles. The number of carbonyl (C=O) groups is 1. The molecule has 1 aliphatic heterocycles. The minimum atomic E-state index is -1.28. The number of hydrogen-bond acceptors (Lipinski definition) is 8. The lowest BCUT2D eigenvalue weighted by Gasteiger charge is -2.29. The lowest BCUT2D eigenvalue weighted by Crippen LogP contribution is -2.56. The van der Waals surface area contributed by atoms with Crippen molar-refractivity contribution in [3.05, 3.63) is 53.1 Å². The van der Waals surface area contributed by atoms with E-state index in [0.29, 0.717) is 54.5 Å². The van der Waals surface area contributed by atoms with E-state index in [0.717, 1.165) is 16.7 Å². The van der Waals surface area contributed by atoms with Gasteiger partial charge in [-0.05, 0) is 69.0 Å². The molecule has 35 heavy (non-hydrogen) atoms. The molecule has 0 bridgehead atoms. The maximum atomic E-state index is 12.7. The van der Waals surface area contributed by atoms with Crippen LogP contribution in [-0.2, 0) is 17.6 Å². The smallest absolute Gasteiger partial charge is 0.258 e. The van der Waals surface area contributed by atoms with Crippen LogP contribution in [0.3, 0.4) is 0 Å². The standard InChI is InChI=1S/C26H29N5O4/c1-16(2)34-22-7-6-20(13-21(22)14-27)24-29-23(30-35-24)19-5-4-17-8-10-31(11-9-18(17)12-19)25(33)26(3,28)15-32/h4-7,12-13,16,32H,8-11,15,28H2,1-3H3. The monoisotopic (exact) mass is 475 g/mol. The first-order chi connectivity index (χ1) is 16.7. The summed E-state index contributed by atoms with van der Waals surface area (Å²) in [5, 5.41) is 23.1. The van der Waals surface area contributed by atoms with Gasteiger partial charge in [0.05, 0.1) is 18.3 Å². The number of aliphatic hydroxyl groups excluding tert-OH is 1. The normalized spacial score (nSPS) is 15.2. The van der Waals surface area contributed by atoms with Crippen molar-refractivity contribution in [3.8, 4) is 34.7 Å². The molecule has 182 valence electrons. The Kier molecular flexibility index (Phi) is 6.87. The molecule has 0 radical (unpaired) electrons. The van der Waals surface area contributed by atoms with Crippen LogP contribution < -0.4 is 10.5 Å². The van der Waals surface area contributed by atoms with Crippen LogP contribution in [0, 0.1) is 11.3 Å². The van der Waals surface area contributed by atoms with Gasteiger partial charge in [-0.25, -0.2) is 0 Å². The predicted octanol–water partition coefficient (Wildman–Crippen LogP) is 2.70. The quantitative estimate of drug-likeness (QED) is 0.555. The number of rotatable bonds is 6. The van der Waals surface area contributed by atoms with Crippen LogP contribution in [0.5, 0.6) is 5.75 Å². The van der Waals surface area contributed by atoms with Crippen molar-refractivity contribution in [2.24, 2.45) is 5.73 Å². The molecule has 9 nitrogen and oxygen atoms in total. The molecule has 1 amide bonds. The Balaban J connectivity index is 1.54. The van der Waals surface area contributed by atoms with Gasteiger partial charge >= 0.3 is 0 Å². The SMILES string of the molecule is CC(C)Oc1ccc(-c2nc(-c3ccc4c(c3)CCN(C(=O)C(C)(N)CO)CC4)no2)cc1C#N. The fraction of sp³-hybridized carbons (Fsp3) is 0.385. The first-order valence-corrected chi connectivity index (χ1v) is 11.6. The molecule has 0 spiro atoms. The number of benzene rings is 2. The molecule has 2 aromatic carbocycles. The molecule has 1 aliphatic rings. The molecule has 1 aromatic heterocycles. The first kappa shape index (κ1) is 24.4. The van der Waals surface area contributed by atoms with E-state index in [1.54, 1.807) is 30.0 Å². The van der Waals surface area contributed by atoms with Crippen molar-refractivity contribution in [3.63, 3.8) is 0 Å². The Bertz CT molecular complexity index is 1270. The molecular weight excluding hydrogens is 446 g/mol. The van der Waals surface area contributed by atoms with Gasteiger partial charge in [-0.1, -0.05) is 17.3 Å². The highest BCUT2D eigenvalue weighted by molar-refractivity contribution is 5.86. The Hall–Kier alpha value is -3.74. The van der Waals surface area contributed by atoms with E-state index < -0.39 is 12.1 Å². The van der Waals surface area contributed by atoms with Gasteiger partial charge in [0.25, 0.3) is 5.89 Å². The average molecular weight is 476 g/mol. The summed E-state index contributed by atoms with van der Waals surface area (Å²) in [7, 11) is 0. The molecular formula is C26H29N5O4. The van der Waals surface area contributed by atoms with E-state index in [9.17, 15) is 15.2 Å². The number of aliphatic hydroxyl groups is 1. The third-order valence-corrected chi connectivity index (χ3v) is 6.01. The van der Waals surface area contributed by atoms with E-state index in [2.05, 4.69) is 16.2 Å². The highest BCUT2D eigenvalue weighted by Gasteiger charge is 2.32. The van der Waals surface area contributed by atoms with E-state index in [-0.39, 0.29) is 12.0 Å². The Morgan fingerprint density at radius 1 is 1.23 bits per heavy atom. The van der Waals surface area contributed by atoms with Crippen molar-refractivity contribution < 1.29 is 19.2 Å². The Morgan fingerprint density at radius 2 is 1.94 bits per heavy atom. The van der Waals surface area contributed by atoms with E-state index in [4.69, 9.17) is 15.0 Å². The summed E-state index contributed by atoms with van der Waals surface area (Å²) in [5.74, 6) is 1.01. The van der Waals surface area contributed by atoms with Crippen molar-refractivity contribution in [1.82, 2.24) is 15.0 Å². The summed E-state index contributed by atoms with van der Waals surface area (Å²) < 4.78 is 11.2. The second-order valence-electron chi connectivity index (χ2n) is 9.26. The molecule has 4 rings (SSSR count). The lowest BCUT2D eigenvalue weighted by molar-refractivity contribution is -0.137. The van der Waals surface area contributed by atoms with Crippen LogP contribution in [0.25, 0.3) is 22.8 Å². The van der Waals surface area contributed by atoms with Gasteiger partial charge in [-0.15, -0.1) is 0 Å². The van der Waals surface area contributed by atoms with Gasteiger partial charge in [0.15, 0.2) is 0 Å². The summed E-state index contributed by atoms with van der Waals surface area (Å²) in [5.41, 5.74) is 8.76. The zero-order chi connectivity index (χ0) is 25.2. The summed E-state index contributed by atoms with van der Waals surface area (Å²) >= 11 is 0. The second kappa shape index (κ2) is 9.86. The number of nitrogens with zero attached hydrogens (tertiary/aromatic N) is 4. The summed E-state index contributed by atoms with van der Waals surface area (Å²) in [6.45, 7) is 6.01. The maximum Gasteiger partial charge on any atom is 0.258 e. The van der Waals surface area contributed by atoms with E-state index in [1.165, 1.54) is 0 Å². The number of amides is 1. The minimum absolute atomic E-state index is 0.0455. The molecule has 0 saturated carbocycles. The summed E-state index contributed by atoms with van der Waals surface area (Å²) in [6.07, 6.45) is 1.31. The average Bonchev–Trinajstić information content (AvgIpc) is 3.24. The molecule has 1 atom stereocenters. The number of aromatic nitrogens is 2. The molecule has 1 unspecified atom stereocenters. The number of carbonyl (C=O) groups excluding carboxylic acids is 1. The number of nitriles is 1. The van der Waals surface area contributed by atoms with Crippen molar-refractivity contribution in [1.29, 1.82) is 5.26 Å². The number of fused-ring (bicyclic) bond motifs is 1. The van der Waals surface area contributed by atoms with Crippen LogP contribution in [0.15, 0.2) is 40.9 Å². The van der Waals surface area contributed by atoms with Gasteiger partial charge in [-0.3, -0.25) is 4.79 Å². The largest absolute Gasteiger partial charge is 0.490 e. The zero-order valence-corrected chi connectivity index (χ0v) is 20.1. The number of nitrogens with two attached hydrogens (primary N) is 1. The van der Waals surface area contributed by atoms with Crippen molar-refractivity contribution in [2.75, 3.05) is 19.7 Å². The fourth-order valence-electron chi connectivity index (χ4n) is 4.06. The molecule has 0 aliphatic carbocycles. The second-order valence-corrected chi connectivity index (χ2v) is 9.26. The fourth-order valence-corrected chi connectivity index (χ4v) is 4.06. The molecule has 9 heteroatoms. The zero-order valence-electron chi connectivity index (χ0n) is 20.1. The molecule has 2 heterocycles. The van der Waals surface area contributed by atoms with Crippen LogP contribution in [0.4, 0.5) is 0 Å². The highest BCUT2D eigenvalue weighted by Crippen LogP contribution is 2.29. The minimum Gasteiger partial charge on any atom is -0.490 e. The van der Waals surface area contributed by atoms with Crippen molar-refractivity contribution >= 4 is 5.91 Å². The predicted molar refractivity (Wildman–Crippen MR) is 129 cm³/mol. The van der Waals surface area contributed by atoms with Crippen molar-refractivity contribution in [2.45, 2.75) is 45.3 Å². The molecule has 0 fully saturated rings. The van der Waals surface area contributed by atoms with E-state index in [1.807, 2.05) is 32.0 Å². The first-order valence-electron chi connectivity index (χ1n) is 11.6. The molecule has 3 aromatic rings. The third kappa shape index (κ3) is 5.19.